The fraction of sp³-hybridized carbons (Fsp3) is 0.400. The lowest BCUT2D eigenvalue weighted by Gasteiger charge is -2.13. The highest BCUT2D eigenvalue weighted by atomic mass is 79.9. The van der Waals surface area contributed by atoms with E-state index < -0.39 is 0 Å². The van der Waals surface area contributed by atoms with Gasteiger partial charge in [0.15, 0.2) is 0 Å². The molecule has 14 heavy (non-hydrogen) atoms. The molecule has 0 bridgehead atoms. The summed E-state index contributed by atoms with van der Waals surface area (Å²) >= 11 is 6.97. The average molecular weight is 321 g/mol. The van der Waals surface area contributed by atoms with Crippen LogP contribution in [0.1, 0.15) is 6.42 Å². The fourth-order valence-corrected chi connectivity index (χ4v) is 2.20. The molecule has 1 aromatic rings. The molecule has 2 rings (SSSR count). The summed E-state index contributed by atoms with van der Waals surface area (Å²) < 4.78 is 7.49. The molecular weight excluding hydrogens is 310 g/mol. The number of hydrogen-bond acceptors (Lipinski definition) is 2. The van der Waals surface area contributed by atoms with Gasteiger partial charge in [0, 0.05) is 21.2 Å². The van der Waals surface area contributed by atoms with Crippen LogP contribution in [0.2, 0.25) is 0 Å². The van der Waals surface area contributed by atoms with E-state index in [9.17, 15) is 0 Å². The van der Waals surface area contributed by atoms with Gasteiger partial charge < -0.3 is 10.1 Å². The average Bonchev–Trinajstić information content (AvgIpc) is 2.64. The third kappa shape index (κ3) is 2.49. The molecule has 1 aromatic carbocycles. The smallest absolute Gasteiger partial charge is 0.0668 e. The largest absolute Gasteiger partial charge is 0.379 e. The lowest BCUT2D eigenvalue weighted by atomic mass is 10.2. The number of ether oxygens (including phenoxy) is 1. The van der Waals surface area contributed by atoms with Gasteiger partial charge in [0.25, 0.3) is 0 Å². The molecule has 1 aliphatic rings. The van der Waals surface area contributed by atoms with Crippen LogP contribution >= 0.6 is 31.9 Å². The molecule has 76 valence electrons. The van der Waals surface area contributed by atoms with Crippen LogP contribution in [0.3, 0.4) is 0 Å². The first-order valence-corrected chi connectivity index (χ1v) is 6.13. The Morgan fingerprint density at radius 1 is 1.36 bits per heavy atom. The zero-order chi connectivity index (χ0) is 9.97. The molecule has 4 heteroatoms. The number of halogens is 2. The monoisotopic (exact) mass is 319 g/mol. The van der Waals surface area contributed by atoms with E-state index >= 15 is 0 Å². The van der Waals surface area contributed by atoms with Crippen LogP contribution in [-0.2, 0) is 4.74 Å². The van der Waals surface area contributed by atoms with Crippen molar-refractivity contribution in [2.24, 2.45) is 0 Å². The zero-order valence-electron chi connectivity index (χ0n) is 7.59. The second-order valence-electron chi connectivity index (χ2n) is 3.33. The topological polar surface area (TPSA) is 21.3 Å². The van der Waals surface area contributed by atoms with Gasteiger partial charge in [0.05, 0.1) is 12.6 Å². The summed E-state index contributed by atoms with van der Waals surface area (Å²) in [7, 11) is 0. The summed E-state index contributed by atoms with van der Waals surface area (Å²) in [5.41, 5.74) is 1.12. The maximum absolute atomic E-state index is 5.31. The van der Waals surface area contributed by atoms with Crippen LogP contribution in [0.25, 0.3) is 0 Å². The van der Waals surface area contributed by atoms with E-state index in [0.29, 0.717) is 6.04 Å². The maximum atomic E-state index is 5.31. The molecule has 1 fully saturated rings. The van der Waals surface area contributed by atoms with Crippen molar-refractivity contribution in [2.75, 3.05) is 18.5 Å². The Morgan fingerprint density at radius 2 is 2.21 bits per heavy atom. The Hall–Kier alpha value is -0.0600. The third-order valence-electron chi connectivity index (χ3n) is 2.22. The van der Waals surface area contributed by atoms with E-state index in [-0.39, 0.29) is 0 Å². The number of hydrogen-bond donors (Lipinski definition) is 1. The van der Waals surface area contributed by atoms with E-state index in [2.05, 4.69) is 43.2 Å². The van der Waals surface area contributed by atoms with Crippen LogP contribution in [0.4, 0.5) is 5.69 Å². The molecular formula is C10H11Br2NO. The molecule has 1 unspecified atom stereocenters. The molecule has 1 saturated heterocycles. The van der Waals surface area contributed by atoms with Gasteiger partial charge >= 0.3 is 0 Å². The predicted octanol–water partition coefficient (Wildman–Crippen LogP) is 3.41. The number of benzene rings is 1. The highest BCUT2D eigenvalue weighted by Crippen LogP contribution is 2.27. The van der Waals surface area contributed by atoms with Crippen LogP contribution in [-0.4, -0.2) is 19.3 Å². The van der Waals surface area contributed by atoms with Crippen LogP contribution in [0.5, 0.6) is 0 Å². The van der Waals surface area contributed by atoms with Gasteiger partial charge in [-0.3, -0.25) is 0 Å². The van der Waals surface area contributed by atoms with E-state index in [0.717, 1.165) is 34.3 Å². The van der Waals surface area contributed by atoms with Crippen molar-refractivity contribution in [3.63, 3.8) is 0 Å². The Labute approximate surface area is 100 Å². The molecule has 0 aliphatic carbocycles. The summed E-state index contributed by atoms with van der Waals surface area (Å²) in [5, 5.41) is 3.45. The van der Waals surface area contributed by atoms with E-state index in [1.54, 1.807) is 0 Å². The predicted molar refractivity (Wildman–Crippen MR) is 64.7 cm³/mol. The van der Waals surface area contributed by atoms with Crippen molar-refractivity contribution in [2.45, 2.75) is 12.5 Å². The number of nitrogens with one attached hydrogen (secondary N) is 1. The minimum Gasteiger partial charge on any atom is -0.379 e. The van der Waals surface area contributed by atoms with Crippen molar-refractivity contribution in [3.8, 4) is 0 Å². The van der Waals surface area contributed by atoms with Gasteiger partial charge in [0.1, 0.15) is 0 Å². The van der Waals surface area contributed by atoms with Crippen molar-refractivity contribution in [1.29, 1.82) is 0 Å². The van der Waals surface area contributed by atoms with E-state index in [1.165, 1.54) is 0 Å². The van der Waals surface area contributed by atoms with Crippen molar-refractivity contribution in [1.82, 2.24) is 0 Å². The van der Waals surface area contributed by atoms with E-state index in [1.807, 2.05) is 12.1 Å². The summed E-state index contributed by atoms with van der Waals surface area (Å²) in [6.07, 6.45) is 1.08. The molecule has 0 amide bonds. The highest BCUT2D eigenvalue weighted by molar-refractivity contribution is 9.11. The van der Waals surface area contributed by atoms with Crippen LogP contribution in [0.15, 0.2) is 27.1 Å². The van der Waals surface area contributed by atoms with Crippen molar-refractivity contribution >= 4 is 37.5 Å². The van der Waals surface area contributed by atoms with Gasteiger partial charge in [-0.25, -0.2) is 0 Å². The molecule has 1 atom stereocenters. The quantitative estimate of drug-likeness (QED) is 0.901. The second kappa shape index (κ2) is 4.64. The summed E-state index contributed by atoms with van der Waals surface area (Å²) in [5.74, 6) is 0. The van der Waals surface area contributed by atoms with Gasteiger partial charge in [-0.15, -0.1) is 0 Å². The Balaban J connectivity index is 2.10. The van der Waals surface area contributed by atoms with Gasteiger partial charge in [-0.1, -0.05) is 15.9 Å². The maximum Gasteiger partial charge on any atom is 0.0668 e. The lowest BCUT2D eigenvalue weighted by molar-refractivity contribution is 0.195. The Bertz CT molecular complexity index is 324. The summed E-state index contributed by atoms with van der Waals surface area (Å²) in [6, 6.07) is 6.56. The van der Waals surface area contributed by atoms with Crippen LogP contribution in [0, 0.1) is 0 Å². The first kappa shape index (κ1) is 10.5. The first-order chi connectivity index (χ1) is 6.75. The molecule has 1 heterocycles. The molecule has 0 radical (unpaired) electrons. The standard InChI is InChI=1S/C10H11Br2NO/c11-7-1-2-9(12)10(5-7)13-8-3-4-14-6-8/h1-2,5,8,13H,3-4,6H2. The SMILES string of the molecule is Brc1ccc(Br)c(NC2CCOC2)c1. The van der Waals surface area contributed by atoms with Gasteiger partial charge in [0.2, 0.25) is 0 Å². The Morgan fingerprint density at radius 3 is 2.93 bits per heavy atom. The summed E-state index contributed by atoms with van der Waals surface area (Å²) in [6.45, 7) is 1.67. The van der Waals surface area contributed by atoms with Gasteiger partial charge in [-0.2, -0.15) is 0 Å². The first-order valence-electron chi connectivity index (χ1n) is 4.55. The van der Waals surface area contributed by atoms with Crippen LogP contribution < -0.4 is 5.32 Å². The second-order valence-corrected chi connectivity index (χ2v) is 5.10. The molecule has 1 N–H and O–H groups in total. The third-order valence-corrected chi connectivity index (χ3v) is 3.40. The fourth-order valence-electron chi connectivity index (χ4n) is 1.48. The molecule has 0 aromatic heterocycles. The zero-order valence-corrected chi connectivity index (χ0v) is 10.8. The molecule has 0 spiro atoms. The highest BCUT2D eigenvalue weighted by Gasteiger charge is 2.15. The molecule has 1 aliphatic heterocycles. The van der Waals surface area contributed by atoms with E-state index in [4.69, 9.17) is 4.74 Å². The van der Waals surface area contributed by atoms with Gasteiger partial charge in [-0.05, 0) is 40.5 Å². The molecule has 0 saturated carbocycles. The Kier molecular flexibility index (Phi) is 3.47. The van der Waals surface area contributed by atoms with Crippen molar-refractivity contribution < 1.29 is 4.74 Å². The minimum atomic E-state index is 0.445. The minimum absolute atomic E-state index is 0.445. The lowest BCUT2D eigenvalue weighted by Crippen LogP contribution is -2.19. The number of anilines is 1. The molecule has 2 nitrogen and oxygen atoms in total. The summed E-state index contributed by atoms with van der Waals surface area (Å²) in [4.78, 5) is 0. The van der Waals surface area contributed by atoms with Crippen molar-refractivity contribution in [3.05, 3.63) is 27.1 Å². The normalized spacial score (nSPS) is 21.1. The number of rotatable bonds is 2.